The number of ether oxygens (including phenoxy) is 5. The van der Waals surface area contributed by atoms with Crippen LogP contribution in [0.2, 0.25) is 0 Å². The van der Waals surface area contributed by atoms with E-state index in [1.54, 1.807) is 25.6 Å². The van der Waals surface area contributed by atoms with E-state index in [2.05, 4.69) is 0 Å². The number of nitrogens with zero attached hydrogens (tertiary/aromatic N) is 1. The summed E-state index contributed by atoms with van der Waals surface area (Å²) in [5.74, 6) is 2.13. The van der Waals surface area contributed by atoms with Crippen molar-refractivity contribution in [3.63, 3.8) is 0 Å². The molecular formula is C56H111NO12S. The van der Waals surface area contributed by atoms with Crippen molar-refractivity contribution in [2.24, 2.45) is 39.4 Å². The lowest BCUT2D eigenvalue weighted by atomic mass is 9.52. The maximum absolute atomic E-state index is 12.4. The van der Waals surface area contributed by atoms with Crippen LogP contribution in [-0.4, -0.2) is 100 Å². The monoisotopic (exact) mass is 1020 g/mol. The van der Waals surface area contributed by atoms with Crippen LogP contribution in [0.3, 0.4) is 0 Å². The van der Waals surface area contributed by atoms with E-state index in [0.717, 1.165) is 75.7 Å². The van der Waals surface area contributed by atoms with E-state index in [-0.39, 0.29) is 118 Å². The van der Waals surface area contributed by atoms with Gasteiger partial charge in [-0.15, -0.1) is 0 Å². The number of amides is 2. The molecular weight excluding hydrogens is 911 g/mol. The van der Waals surface area contributed by atoms with Crippen LogP contribution < -0.4 is 0 Å². The molecule has 0 aromatic carbocycles. The smallest absolute Gasteiger partial charge is 0.347 e. The molecule has 0 aromatic heterocycles. The third-order valence-corrected chi connectivity index (χ3v) is 15.8. The number of esters is 4. The summed E-state index contributed by atoms with van der Waals surface area (Å²) in [6.07, 6.45) is 11.3. The van der Waals surface area contributed by atoms with E-state index in [1.807, 2.05) is 69.2 Å². The lowest BCUT2D eigenvalue weighted by Gasteiger charge is -2.59. The van der Waals surface area contributed by atoms with Gasteiger partial charge in [-0.1, -0.05) is 107 Å². The number of carbonyl (C=O) groups excluding carboxylic acids is 6. The Bertz CT molecular complexity index is 1600. The largest absolute Gasteiger partial charge is 0.463 e. The molecule has 5 aliphatic carbocycles. The highest BCUT2D eigenvalue weighted by molar-refractivity contribution is 7.99. The topological polar surface area (TPSA) is 172 Å². The maximum Gasteiger partial charge on any atom is 0.347 e. The van der Waals surface area contributed by atoms with Crippen molar-refractivity contribution in [2.45, 2.75) is 262 Å². The Hall–Kier alpha value is -2.71. The Balaban J connectivity index is -0.000000261. The molecule has 3 heterocycles. The summed E-state index contributed by atoms with van der Waals surface area (Å²) in [6, 6.07) is 0.232. The lowest BCUT2D eigenvalue weighted by molar-refractivity contribution is -0.225. The number of fused-ring (bicyclic) bond motifs is 1. The number of imide groups is 1. The molecule has 2 amide bonds. The first-order valence-electron chi connectivity index (χ1n) is 23.4. The number of β-lactam (4-membered cyclic amide) rings is 1. The molecule has 6 unspecified atom stereocenters. The van der Waals surface area contributed by atoms with Gasteiger partial charge in [0.15, 0.2) is 0 Å². The molecule has 3 aliphatic heterocycles. The number of likely N-dealkylation sites (tertiary alicyclic amines) is 1. The molecule has 6 atom stereocenters. The molecule has 14 heteroatoms. The second-order valence-corrected chi connectivity index (χ2v) is 22.6. The van der Waals surface area contributed by atoms with Gasteiger partial charge in [0.25, 0.3) is 0 Å². The van der Waals surface area contributed by atoms with E-state index >= 15 is 0 Å². The highest BCUT2D eigenvalue weighted by atomic mass is 32.2. The van der Waals surface area contributed by atoms with Crippen molar-refractivity contribution in [2.75, 3.05) is 24.7 Å². The van der Waals surface area contributed by atoms with Gasteiger partial charge in [0.05, 0.1) is 52.8 Å². The van der Waals surface area contributed by atoms with Gasteiger partial charge in [0, 0.05) is 24.0 Å². The van der Waals surface area contributed by atoms with Crippen LogP contribution in [0.25, 0.3) is 0 Å². The molecule has 0 aromatic rings. The van der Waals surface area contributed by atoms with Gasteiger partial charge in [-0.3, -0.25) is 28.9 Å². The number of rotatable bonds is 11. The molecule has 3 saturated heterocycles. The first-order chi connectivity index (χ1) is 28.8. The minimum atomic E-state index is -0.687. The SMILES string of the molecule is C.C.C.C.C.C.C.C.CCC(C)(C)C(=O)N1C(=O)C2CCCC21.CCC(C)(C)C(=O)OC12CC3CC(CC(O)(C3)C1)C2.CCC(C)(C)C(=O)OC1CCOC1=O.CCC(C)(C)C(=O)OC1CSCCO1. The number of hydrogen-bond acceptors (Lipinski definition) is 13. The third-order valence-electron chi connectivity index (χ3n) is 14.8. The fraction of sp³-hybridized carbons (Fsp3) is 0.893. The molecule has 8 rings (SSSR count). The molecule has 4 bridgehead atoms. The molecule has 8 aliphatic rings. The van der Waals surface area contributed by atoms with Gasteiger partial charge in [-0.05, 0) is 124 Å². The zero-order chi connectivity index (χ0) is 46.5. The number of aliphatic hydroxyl groups is 1. The maximum atomic E-state index is 12.4. The fourth-order valence-electron chi connectivity index (χ4n) is 9.23. The van der Waals surface area contributed by atoms with Crippen LogP contribution >= 0.6 is 11.8 Å². The molecule has 13 nitrogen and oxygen atoms in total. The quantitative estimate of drug-likeness (QED) is 0.118. The second-order valence-electron chi connectivity index (χ2n) is 21.5. The molecule has 0 radical (unpaired) electrons. The predicted octanol–water partition coefficient (Wildman–Crippen LogP) is 13.4. The Morgan fingerprint density at radius 2 is 1.16 bits per heavy atom. The average Bonchev–Trinajstić information content (AvgIpc) is 3.83. The van der Waals surface area contributed by atoms with Gasteiger partial charge in [-0.25, -0.2) is 4.79 Å². The van der Waals surface area contributed by atoms with Crippen molar-refractivity contribution in [1.82, 2.24) is 4.90 Å². The zero-order valence-electron chi connectivity index (χ0n) is 40.0. The molecule has 70 heavy (non-hydrogen) atoms. The van der Waals surface area contributed by atoms with Gasteiger partial charge in [-0.2, -0.15) is 11.8 Å². The van der Waals surface area contributed by atoms with Crippen molar-refractivity contribution in [1.29, 1.82) is 0 Å². The van der Waals surface area contributed by atoms with Crippen LogP contribution in [-0.2, 0) is 52.5 Å². The molecule has 1 N–H and O–H groups in total. The van der Waals surface area contributed by atoms with Crippen LogP contribution in [0.5, 0.6) is 0 Å². The summed E-state index contributed by atoms with van der Waals surface area (Å²) >= 11 is 1.76. The zero-order valence-corrected chi connectivity index (χ0v) is 40.8. The second kappa shape index (κ2) is 30.5. The summed E-state index contributed by atoms with van der Waals surface area (Å²) in [5, 5.41) is 10.6. The highest BCUT2D eigenvalue weighted by Crippen LogP contribution is 2.59. The number of thioether (sulfide) groups is 1. The Morgan fingerprint density at radius 3 is 1.59 bits per heavy atom. The predicted molar refractivity (Wildman–Crippen MR) is 290 cm³/mol. The average molecular weight is 1020 g/mol. The number of hydrogen-bond donors (Lipinski definition) is 1. The van der Waals surface area contributed by atoms with Gasteiger partial charge in [0.1, 0.15) is 5.60 Å². The third kappa shape index (κ3) is 18.6. The van der Waals surface area contributed by atoms with Crippen molar-refractivity contribution in [3.8, 4) is 0 Å². The minimum absolute atomic E-state index is 0. The fourth-order valence-corrected chi connectivity index (χ4v) is 9.97. The Kier molecular flexibility index (Phi) is 33.2. The summed E-state index contributed by atoms with van der Waals surface area (Å²) in [5.41, 5.74) is -2.63. The summed E-state index contributed by atoms with van der Waals surface area (Å²) in [4.78, 5) is 72.0. The van der Waals surface area contributed by atoms with Crippen molar-refractivity contribution < 1.29 is 57.6 Å². The van der Waals surface area contributed by atoms with Gasteiger partial charge in [0.2, 0.25) is 24.2 Å². The Morgan fingerprint density at radius 1 is 0.671 bits per heavy atom. The number of cyclic esters (lactones) is 1. The van der Waals surface area contributed by atoms with Crippen molar-refractivity contribution in [3.05, 3.63) is 0 Å². The normalized spacial score (nSPS) is 27.5. The van der Waals surface area contributed by atoms with E-state index in [4.69, 9.17) is 23.7 Å². The lowest BCUT2D eigenvalue weighted by Crippen LogP contribution is -2.63. The summed E-state index contributed by atoms with van der Waals surface area (Å²) in [6.45, 7) is 24.1. The van der Waals surface area contributed by atoms with Crippen LogP contribution in [0.4, 0.5) is 0 Å². The summed E-state index contributed by atoms with van der Waals surface area (Å²) in [7, 11) is 0. The van der Waals surface area contributed by atoms with Gasteiger partial charge < -0.3 is 28.8 Å². The van der Waals surface area contributed by atoms with Crippen molar-refractivity contribution >= 4 is 47.5 Å². The van der Waals surface area contributed by atoms with E-state index < -0.39 is 33.9 Å². The molecule has 5 saturated carbocycles. The summed E-state index contributed by atoms with van der Waals surface area (Å²) < 4.78 is 26.3. The molecule has 418 valence electrons. The van der Waals surface area contributed by atoms with E-state index in [9.17, 15) is 33.9 Å². The first kappa shape index (κ1) is 76.2. The molecule has 0 spiro atoms. The minimum Gasteiger partial charge on any atom is -0.463 e. The van der Waals surface area contributed by atoms with Gasteiger partial charge >= 0.3 is 23.9 Å². The van der Waals surface area contributed by atoms with Crippen LogP contribution in [0, 0.1) is 39.4 Å². The highest BCUT2D eigenvalue weighted by Gasteiger charge is 2.60. The number of carbonyl (C=O) groups is 6. The molecule has 8 fully saturated rings. The van der Waals surface area contributed by atoms with E-state index in [1.165, 1.54) is 11.3 Å². The first-order valence-corrected chi connectivity index (χ1v) is 24.5. The van der Waals surface area contributed by atoms with E-state index in [0.29, 0.717) is 44.3 Å². The standard InChI is InChI=1S/C16H26O3.C12H19NO2.C10H16O4.C10H18O3S.8CH4/c1-4-14(2,3)13(17)19-16-8-11-5-12(9-16)7-15(18,6-11)10-16;1-4-12(2,3)11(15)13-9-7-5-6-8(9)10(13)14;1-4-10(2,3)9(12)14-7-5-6-13-8(7)11;1-4-10(2,3)9(11)13-8-7-14-6-5-12-8;;;;;;;;/h11-12,18H,4-10H2,1-3H3;8-9H,4-7H2,1-3H3;7H,4-6H2,1-3H3;8H,4-7H2,1-3H3;8*1H4. The van der Waals surface area contributed by atoms with Crippen LogP contribution in [0.15, 0.2) is 0 Å². The van der Waals surface area contributed by atoms with Crippen LogP contribution in [0.1, 0.15) is 232 Å². The Labute approximate surface area is 434 Å².